The standard InChI is InChI=1S/C22H24N4O2S/c1-12-9-10-16-17(11-12)29-22(19(16)20(23)27)24-21(28)18-13(2)25-26(14(18)3)15-7-5-4-6-8-15/h4-8,12H,9-11H2,1-3H3,(H2,23,27)(H,24,28). The van der Waals surface area contributed by atoms with Crippen LogP contribution in [-0.4, -0.2) is 21.6 Å². The van der Waals surface area contributed by atoms with Gasteiger partial charge in [0.15, 0.2) is 0 Å². The largest absolute Gasteiger partial charge is 0.365 e. The van der Waals surface area contributed by atoms with Gasteiger partial charge in [-0.15, -0.1) is 11.3 Å². The Balaban J connectivity index is 1.69. The summed E-state index contributed by atoms with van der Waals surface area (Å²) < 4.78 is 1.76. The molecule has 2 aromatic heterocycles. The number of nitrogens with one attached hydrogen (secondary N) is 1. The summed E-state index contributed by atoms with van der Waals surface area (Å²) in [5, 5.41) is 8.04. The zero-order valence-electron chi connectivity index (χ0n) is 16.8. The minimum Gasteiger partial charge on any atom is -0.365 e. The smallest absolute Gasteiger partial charge is 0.260 e. The first-order valence-corrected chi connectivity index (χ1v) is 10.6. The Kier molecular flexibility index (Phi) is 5.00. The summed E-state index contributed by atoms with van der Waals surface area (Å²) in [5.74, 6) is -0.184. The monoisotopic (exact) mass is 408 g/mol. The quantitative estimate of drug-likeness (QED) is 0.683. The third kappa shape index (κ3) is 3.46. The molecule has 2 amide bonds. The van der Waals surface area contributed by atoms with Crippen molar-refractivity contribution in [2.45, 2.75) is 40.0 Å². The molecule has 150 valence electrons. The van der Waals surface area contributed by atoms with Gasteiger partial charge in [0.25, 0.3) is 11.8 Å². The molecule has 1 aliphatic rings. The van der Waals surface area contributed by atoms with E-state index in [0.717, 1.165) is 41.1 Å². The second kappa shape index (κ2) is 7.48. The van der Waals surface area contributed by atoms with Crippen molar-refractivity contribution in [1.29, 1.82) is 0 Å². The number of thiophene rings is 1. The van der Waals surface area contributed by atoms with Crippen LogP contribution in [0.4, 0.5) is 5.00 Å². The Morgan fingerprint density at radius 3 is 2.62 bits per heavy atom. The van der Waals surface area contributed by atoms with Crippen LogP contribution >= 0.6 is 11.3 Å². The van der Waals surface area contributed by atoms with Gasteiger partial charge >= 0.3 is 0 Å². The van der Waals surface area contributed by atoms with Gasteiger partial charge in [-0.2, -0.15) is 5.10 Å². The molecule has 7 heteroatoms. The van der Waals surface area contributed by atoms with Crippen molar-refractivity contribution in [3.63, 3.8) is 0 Å². The highest BCUT2D eigenvalue weighted by Gasteiger charge is 2.28. The molecule has 4 rings (SSSR count). The molecular weight excluding hydrogens is 384 g/mol. The number of aryl methyl sites for hydroxylation is 1. The second-order valence-electron chi connectivity index (χ2n) is 7.67. The molecule has 0 saturated heterocycles. The Bertz CT molecular complexity index is 1100. The predicted molar refractivity (Wildman–Crippen MR) is 115 cm³/mol. The fourth-order valence-corrected chi connectivity index (χ4v) is 5.47. The summed E-state index contributed by atoms with van der Waals surface area (Å²) >= 11 is 1.47. The van der Waals surface area contributed by atoms with E-state index < -0.39 is 5.91 Å². The summed E-state index contributed by atoms with van der Waals surface area (Å²) in [7, 11) is 0. The summed E-state index contributed by atoms with van der Waals surface area (Å²) in [6, 6.07) is 9.69. The van der Waals surface area contributed by atoms with E-state index in [4.69, 9.17) is 5.73 Å². The Morgan fingerprint density at radius 1 is 1.21 bits per heavy atom. The predicted octanol–water partition coefficient (Wildman–Crippen LogP) is 4.03. The first-order chi connectivity index (χ1) is 13.9. The summed E-state index contributed by atoms with van der Waals surface area (Å²) in [4.78, 5) is 26.4. The molecule has 0 saturated carbocycles. The van der Waals surface area contributed by atoms with Crippen molar-refractivity contribution >= 4 is 28.2 Å². The Labute approximate surface area is 173 Å². The average Bonchev–Trinajstić information content (AvgIpc) is 3.18. The van der Waals surface area contributed by atoms with E-state index in [1.807, 2.05) is 44.2 Å². The third-order valence-electron chi connectivity index (χ3n) is 5.50. The first-order valence-electron chi connectivity index (χ1n) is 9.74. The molecule has 3 aromatic rings. The Hall–Kier alpha value is -2.93. The summed E-state index contributed by atoms with van der Waals surface area (Å²) in [6.07, 6.45) is 2.77. The van der Waals surface area contributed by atoms with E-state index in [1.54, 1.807) is 4.68 Å². The van der Waals surface area contributed by atoms with Gasteiger partial charge in [0.1, 0.15) is 5.00 Å². The molecule has 0 bridgehead atoms. The summed E-state index contributed by atoms with van der Waals surface area (Å²) in [5.41, 5.74) is 9.95. The normalized spacial score (nSPS) is 15.8. The van der Waals surface area contributed by atoms with E-state index in [2.05, 4.69) is 17.3 Å². The van der Waals surface area contributed by atoms with Crippen LogP contribution in [0.15, 0.2) is 30.3 Å². The fourth-order valence-electron chi connectivity index (χ4n) is 4.06. The number of hydrogen-bond acceptors (Lipinski definition) is 4. The zero-order chi connectivity index (χ0) is 20.7. The maximum atomic E-state index is 13.1. The van der Waals surface area contributed by atoms with Gasteiger partial charge in [0, 0.05) is 4.88 Å². The molecule has 1 aromatic carbocycles. The van der Waals surface area contributed by atoms with E-state index in [-0.39, 0.29) is 5.91 Å². The number of aromatic nitrogens is 2. The number of carbonyl (C=O) groups excluding carboxylic acids is 2. The molecule has 0 aliphatic heterocycles. The number of primary amides is 1. The van der Waals surface area contributed by atoms with Gasteiger partial charge < -0.3 is 11.1 Å². The van der Waals surface area contributed by atoms with Gasteiger partial charge in [-0.3, -0.25) is 9.59 Å². The highest BCUT2D eigenvalue weighted by atomic mass is 32.1. The lowest BCUT2D eigenvalue weighted by Gasteiger charge is -2.18. The highest BCUT2D eigenvalue weighted by molar-refractivity contribution is 7.17. The minimum atomic E-state index is -0.485. The van der Waals surface area contributed by atoms with Crippen molar-refractivity contribution in [3.8, 4) is 5.69 Å². The molecule has 2 heterocycles. The lowest BCUT2D eigenvalue weighted by molar-refractivity contribution is 0.1000. The van der Waals surface area contributed by atoms with Crippen LogP contribution in [-0.2, 0) is 12.8 Å². The van der Waals surface area contributed by atoms with E-state index in [9.17, 15) is 9.59 Å². The number of nitrogens with zero attached hydrogens (tertiary/aromatic N) is 2. The number of anilines is 1. The van der Waals surface area contributed by atoms with Gasteiger partial charge in [0.05, 0.1) is 28.2 Å². The van der Waals surface area contributed by atoms with Crippen LogP contribution in [0.5, 0.6) is 0 Å². The van der Waals surface area contributed by atoms with Crippen molar-refractivity contribution in [2.24, 2.45) is 11.7 Å². The van der Waals surface area contributed by atoms with Gasteiger partial charge in [0.2, 0.25) is 0 Å². The molecule has 29 heavy (non-hydrogen) atoms. The van der Waals surface area contributed by atoms with E-state index >= 15 is 0 Å². The third-order valence-corrected chi connectivity index (χ3v) is 6.67. The average molecular weight is 409 g/mol. The SMILES string of the molecule is Cc1nn(-c2ccccc2)c(C)c1C(=O)Nc1sc2c(c1C(N)=O)CCC(C)C2. The van der Waals surface area contributed by atoms with Crippen molar-refractivity contribution < 1.29 is 9.59 Å². The molecule has 0 spiro atoms. The number of nitrogens with two attached hydrogens (primary N) is 1. The van der Waals surface area contributed by atoms with Crippen LogP contribution in [0.2, 0.25) is 0 Å². The second-order valence-corrected chi connectivity index (χ2v) is 8.77. The van der Waals surface area contributed by atoms with E-state index in [1.165, 1.54) is 11.3 Å². The van der Waals surface area contributed by atoms with Gasteiger partial charge in [-0.1, -0.05) is 25.1 Å². The van der Waals surface area contributed by atoms with Crippen LogP contribution < -0.4 is 11.1 Å². The number of amides is 2. The molecule has 3 N–H and O–H groups in total. The number of para-hydroxylation sites is 1. The zero-order valence-corrected chi connectivity index (χ0v) is 17.6. The van der Waals surface area contributed by atoms with Crippen LogP contribution in [0.3, 0.4) is 0 Å². The highest BCUT2D eigenvalue weighted by Crippen LogP contribution is 2.39. The molecular formula is C22H24N4O2S. The summed E-state index contributed by atoms with van der Waals surface area (Å²) in [6.45, 7) is 5.89. The van der Waals surface area contributed by atoms with Gasteiger partial charge in [-0.05, 0) is 56.7 Å². The fraction of sp³-hybridized carbons (Fsp3) is 0.318. The lowest BCUT2D eigenvalue weighted by Crippen LogP contribution is -2.20. The van der Waals surface area contributed by atoms with E-state index in [0.29, 0.717) is 27.7 Å². The number of carbonyl (C=O) groups is 2. The van der Waals surface area contributed by atoms with Crippen LogP contribution in [0.25, 0.3) is 5.69 Å². The lowest BCUT2D eigenvalue weighted by atomic mass is 9.88. The molecule has 1 unspecified atom stereocenters. The van der Waals surface area contributed by atoms with Crippen molar-refractivity contribution in [1.82, 2.24) is 9.78 Å². The number of benzene rings is 1. The van der Waals surface area contributed by atoms with Crippen LogP contribution in [0, 0.1) is 19.8 Å². The molecule has 1 atom stereocenters. The molecule has 1 aliphatic carbocycles. The molecule has 6 nitrogen and oxygen atoms in total. The van der Waals surface area contributed by atoms with Crippen LogP contribution in [0.1, 0.15) is 55.9 Å². The Morgan fingerprint density at radius 2 is 1.93 bits per heavy atom. The van der Waals surface area contributed by atoms with Gasteiger partial charge in [-0.25, -0.2) is 4.68 Å². The topological polar surface area (TPSA) is 90.0 Å². The molecule has 0 fully saturated rings. The number of fused-ring (bicyclic) bond motifs is 1. The number of hydrogen-bond donors (Lipinski definition) is 2. The first kappa shape index (κ1) is 19.4. The molecule has 0 radical (unpaired) electrons. The minimum absolute atomic E-state index is 0.267. The maximum Gasteiger partial charge on any atom is 0.260 e. The maximum absolute atomic E-state index is 13.1. The van der Waals surface area contributed by atoms with Crippen molar-refractivity contribution in [3.05, 3.63) is 63.3 Å². The number of rotatable bonds is 4. The van der Waals surface area contributed by atoms with Crippen molar-refractivity contribution in [2.75, 3.05) is 5.32 Å².